The van der Waals surface area contributed by atoms with Crippen molar-refractivity contribution in [2.75, 3.05) is 26.2 Å². The van der Waals surface area contributed by atoms with Gasteiger partial charge in [0, 0.05) is 30.7 Å². The van der Waals surface area contributed by atoms with E-state index in [1.165, 1.54) is 0 Å². The van der Waals surface area contributed by atoms with Crippen molar-refractivity contribution in [3.8, 4) is 5.75 Å². The first kappa shape index (κ1) is 13.7. The minimum Gasteiger partial charge on any atom is -0.492 e. The van der Waals surface area contributed by atoms with Gasteiger partial charge in [-0.3, -0.25) is 4.90 Å². The van der Waals surface area contributed by atoms with Crippen LogP contribution in [0.3, 0.4) is 0 Å². The second-order valence-electron chi connectivity index (χ2n) is 5.17. The van der Waals surface area contributed by atoms with Crippen LogP contribution in [-0.2, 0) is 0 Å². The maximum Gasteiger partial charge on any atom is 0.120 e. The van der Waals surface area contributed by atoms with Gasteiger partial charge in [-0.1, -0.05) is 24.6 Å². The van der Waals surface area contributed by atoms with Crippen LogP contribution in [0.15, 0.2) is 24.3 Å². The van der Waals surface area contributed by atoms with E-state index in [1.54, 1.807) is 0 Å². The summed E-state index contributed by atoms with van der Waals surface area (Å²) in [6, 6.07) is 7.82. The van der Waals surface area contributed by atoms with Crippen LogP contribution in [0.4, 0.5) is 0 Å². The Bertz CT molecular complexity index is 376. The van der Waals surface area contributed by atoms with E-state index < -0.39 is 0 Å². The fraction of sp³-hybridized carbons (Fsp3) is 0.571. The highest BCUT2D eigenvalue weighted by Gasteiger charge is 2.21. The van der Waals surface area contributed by atoms with Crippen molar-refractivity contribution in [3.63, 3.8) is 0 Å². The molecule has 0 amide bonds. The molecule has 18 heavy (non-hydrogen) atoms. The Balaban J connectivity index is 1.75. The number of nitrogens with two attached hydrogens (primary N) is 1. The number of halogens is 1. The van der Waals surface area contributed by atoms with Crippen LogP contribution in [0, 0.1) is 5.92 Å². The number of nitrogens with zero attached hydrogens (tertiary/aromatic N) is 1. The SMILES string of the molecule is CC1CC(N)CN(CCOc2cccc(Cl)c2)C1. The third-order valence-corrected chi connectivity index (χ3v) is 3.48. The van der Waals surface area contributed by atoms with Gasteiger partial charge < -0.3 is 10.5 Å². The monoisotopic (exact) mass is 268 g/mol. The molecule has 0 saturated carbocycles. The van der Waals surface area contributed by atoms with Crippen LogP contribution in [0.2, 0.25) is 5.02 Å². The molecule has 0 aliphatic carbocycles. The van der Waals surface area contributed by atoms with Gasteiger partial charge in [-0.25, -0.2) is 0 Å². The second-order valence-corrected chi connectivity index (χ2v) is 5.60. The summed E-state index contributed by atoms with van der Waals surface area (Å²) in [4.78, 5) is 2.38. The van der Waals surface area contributed by atoms with Gasteiger partial charge >= 0.3 is 0 Å². The first-order valence-electron chi connectivity index (χ1n) is 6.50. The Hall–Kier alpha value is -0.770. The van der Waals surface area contributed by atoms with Crippen LogP contribution in [-0.4, -0.2) is 37.2 Å². The fourth-order valence-corrected chi connectivity index (χ4v) is 2.73. The van der Waals surface area contributed by atoms with Gasteiger partial charge in [0.05, 0.1) is 0 Å². The Kier molecular flexibility index (Phi) is 4.87. The lowest BCUT2D eigenvalue weighted by atomic mass is 9.97. The molecule has 0 radical (unpaired) electrons. The molecule has 2 rings (SSSR count). The van der Waals surface area contributed by atoms with Gasteiger partial charge in [-0.15, -0.1) is 0 Å². The third kappa shape index (κ3) is 4.16. The smallest absolute Gasteiger partial charge is 0.120 e. The Morgan fingerprint density at radius 3 is 3.00 bits per heavy atom. The number of rotatable bonds is 4. The summed E-state index contributed by atoms with van der Waals surface area (Å²) < 4.78 is 5.69. The molecule has 2 N–H and O–H groups in total. The second kappa shape index (κ2) is 6.41. The van der Waals surface area contributed by atoms with E-state index >= 15 is 0 Å². The van der Waals surface area contributed by atoms with E-state index in [2.05, 4.69) is 11.8 Å². The first-order valence-corrected chi connectivity index (χ1v) is 6.87. The van der Waals surface area contributed by atoms with Crippen molar-refractivity contribution < 1.29 is 4.74 Å². The molecule has 1 aromatic carbocycles. The first-order chi connectivity index (χ1) is 8.63. The molecule has 100 valence electrons. The van der Waals surface area contributed by atoms with Crippen molar-refractivity contribution >= 4 is 11.6 Å². The highest BCUT2D eigenvalue weighted by atomic mass is 35.5. The summed E-state index contributed by atoms with van der Waals surface area (Å²) in [6.45, 7) is 5.95. The lowest BCUT2D eigenvalue weighted by Crippen LogP contribution is -2.47. The van der Waals surface area contributed by atoms with Gasteiger partial charge in [0.25, 0.3) is 0 Å². The number of benzene rings is 1. The van der Waals surface area contributed by atoms with E-state index in [1.807, 2.05) is 24.3 Å². The summed E-state index contributed by atoms with van der Waals surface area (Å²) in [5, 5.41) is 0.709. The molecule has 0 aromatic heterocycles. The Labute approximate surface area is 114 Å². The highest BCUT2D eigenvalue weighted by molar-refractivity contribution is 6.30. The zero-order chi connectivity index (χ0) is 13.0. The average Bonchev–Trinajstić information content (AvgIpc) is 2.27. The summed E-state index contributed by atoms with van der Waals surface area (Å²) >= 11 is 5.90. The lowest BCUT2D eigenvalue weighted by molar-refractivity contribution is 0.140. The quantitative estimate of drug-likeness (QED) is 0.911. The van der Waals surface area contributed by atoms with Crippen LogP contribution in [0.1, 0.15) is 13.3 Å². The average molecular weight is 269 g/mol. The standard InChI is InChI=1S/C14H21ClN2O/c1-11-7-13(16)10-17(9-11)5-6-18-14-4-2-3-12(15)8-14/h2-4,8,11,13H,5-7,9-10,16H2,1H3. The maximum absolute atomic E-state index is 6.02. The molecule has 2 unspecified atom stereocenters. The topological polar surface area (TPSA) is 38.5 Å². The normalized spacial score (nSPS) is 25.1. The highest BCUT2D eigenvalue weighted by Crippen LogP contribution is 2.18. The van der Waals surface area contributed by atoms with E-state index in [9.17, 15) is 0 Å². The molecule has 1 heterocycles. The van der Waals surface area contributed by atoms with Crippen LogP contribution < -0.4 is 10.5 Å². The van der Waals surface area contributed by atoms with Crippen LogP contribution >= 0.6 is 11.6 Å². The molecule has 2 atom stereocenters. The summed E-state index contributed by atoms with van der Waals surface area (Å²) in [7, 11) is 0. The molecule has 1 aliphatic rings. The summed E-state index contributed by atoms with van der Waals surface area (Å²) in [6.07, 6.45) is 1.13. The number of likely N-dealkylation sites (tertiary alicyclic amines) is 1. The molecule has 4 heteroatoms. The number of ether oxygens (including phenoxy) is 1. The van der Waals surface area contributed by atoms with Gasteiger partial charge in [-0.05, 0) is 30.5 Å². The summed E-state index contributed by atoms with van der Waals surface area (Å²) in [5.41, 5.74) is 6.02. The van der Waals surface area contributed by atoms with E-state index in [4.69, 9.17) is 22.1 Å². The zero-order valence-corrected chi connectivity index (χ0v) is 11.6. The maximum atomic E-state index is 6.02. The molecule has 1 fully saturated rings. The molecule has 1 aromatic rings. The summed E-state index contributed by atoms with van der Waals surface area (Å²) in [5.74, 6) is 1.51. The predicted molar refractivity (Wildman–Crippen MR) is 75.1 cm³/mol. The molecule has 0 spiro atoms. The van der Waals surface area contributed by atoms with Gasteiger partial charge in [0.1, 0.15) is 12.4 Å². The fourth-order valence-electron chi connectivity index (χ4n) is 2.54. The van der Waals surface area contributed by atoms with Crippen molar-refractivity contribution in [1.29, 1.82) is 0 Å². The molecule has 1 aliphatic heterocycles. The Morgan fingerprint density at radius 1 is 1.44 bits per heavy atom. The number of hydrogen-bond donors (Lipinski definition) is 1. The van der Waals surface area contributed by atoms with Crippen molar-refractivity contribution in [3.05, 3.63) is 29.3 Å². The minimum absolute atomic E-state index is 0.305. The van der Waals surface area contributed by atoms with Gasteiger partial charge in [0.15, 0.2) is 0 Å². The van der Waals surface area contributed by atoms with Crippen molar-refractivity contribution in [1.82, 2.24) is 4.90 Å². The van der Waals surface area contributed by atoms with Crippen LogP contribution in [0.25, 0.3) is 0 Å². The van der Waals surface area contributed by atoms with Crippen molar-refractivity contribution in [2.24, 2.45) is 11.7 Å². The number of hydrogen-bond acceptors (Lipinski definition) is 3. The molecule has 3 nitrogen and oxygen atoms in total. The van der Waals surface area contributed by atoms with E-state index in [-0.39, 0.29) is 0 Å². The third-order valence-electron chi connectivity index (χ3n) is 3.24. The minimum atomic E-state index is 0.305. The predicted octanol–water partition coefficient (Wildman–Crippen LogP) is 2.39. The van der Waals surface area contributed by atoms with E-state index in [0.717, 1.165) is 31.8 Å². The Morgan fingerprint density at radius 2 is 2.28 bits per heavy atom. The van der Waals surface area contributed by atoms with Gasteiger partial charge in [-0.2, -0.15) is 0 Å². The largest absolute Gasteiger partial charge is 0.492 e. The molecular formula is C14H21ClN2O. The van der Waals surface area contributed by atoms with Gasteiger partial charge in [0.2, 0.25) is 0 Å². The molecule has 1 saturated heterocycles. The van der Waals surface area contributed by atoms with E-state index in [0.29, 0.717) is 23.6 Å². The van der Waals surface area contributed by atoms with Crippen molar-refractivity contribution in [2.45, 2.75) is 19.4 Å². The molecular weight excluding hydrogens is 248 g/mol. The zero-order valence-electron chi connectivity index (χ0n) is 10.8. The molecule has 0 bridgehead atoms. The lowest BCUT2D eigenvalue weighted by Gasteiger charge is -2.34. The number of piperidine rings is 1. The van der Waals surface area contributed by atoms with Crippen LogP contribution in [0.5, 0.6) is 5.75 Å².